The molecule has 2 aromatic carbocycles. The van der Waals surface area contributed by atoms with Crippen molar-refractivity contribution >= 4 is 29.1 Å². The van der Waals surface area contributed by atoms with Crippen LogP contribution in [0.15, 0.2) is 54.1 Å². The smallest absolute Gasteiger partial charge is 0.303 e. The maximum atomic E-state index is 13.0. The van der Waals surface area contributed by atoms with Crippen molar-refractivity contribution in [3.63, 3.8) is 0 Å². The Kier molecular flexibility index (Phi) is 7.62. The van der Waals surface area contributed by atoms with Crippen LogP contribution in [0.4, 0.5) is 5.69 Å². The number of methoxy groups -OCH3 is 1. The number of hydrogen-bond donors (Lipinski definition) is 2. The maximum Gasteiger partial charge on any atom is 0.303 e. The fourth-order valence-corrected chi connectivity index (χ4v) is 3.96. The van der Waals surface area contributed by atoms with Crippen LogP contribution in [0.1, 0.15) is 42.9 Å². The number of amides is 1. The average molecular weight is 468 g/mol. The van der Waals surface area contributed by atoms with Gasteiger partial charge in [-0.25, -0.2) is 0 Å². The summed E-state index contributed by atoms with van der Waals surface area (Å²) in [4.78, 5) is 48.4. The van der Waals surface area contributed by atoms with E-state index in [-0.39, 0.29) is 29.8 Å². The summed E-state index contributed by atoms with van der Waals surface area (Å²) in [5.41, 5.74) is 0.330. The van der Waals surface area contributed by atoms with Crippen LogP contribution < -0.4 is 4.74 Å². The Hall–Kier alpha value is -4.21. The lowest BCUT2D eigenvalue weighted by Crippen LogP contribution is -2.31. The molecule has 1 saturated heterocycles. The molecule has 10 nitrogen and oxygen atoms in total. The van der Waals surface area contributed by atoms with Crippen LogP contribution in [0.5, 0.6) is 5.75 Å². The van der Waals surface area contributed by atoms with Gasteiger partial charge in [-0.3, -0.25) is 24.5 Å². The Morgan fingerprint density at radius 3 is 2.35 bits per heavy atom. The number of para-hydroxylation sites is 1. The van der Waals surface area contributed by atoms with Crippen LogP contribution in [-0.4, -0.2) is 51.4 Å². The first kappa shape index (κ1) is 24.4. The summed E-state index contributed by atoms with van der Waals surface area (Å²) in [5, 5.41) is 30.8. The maximum absolute atomic E-state index is 13.0. The first-order chi connectivity index (χ1) is 16.3. The topological polar surface area (TPSA) is 147 Å². The van der Waals surface area contributed by atoms with Gasteiger partial charge < -0.3 is 19.8 Å². The lowest BCUT2D eigenvalue weighted by Gasteiger charge is -2.26. The highest BCUT2D eigenvalue weighted by atomic mass is 16.6. The number of carbonyl (C=O) groups is 3. The zero-order valence-corrected chi connectivity index (χ0v) is 18.5. The number of non-ortho nitro benzene ring substituents is 1. The van der Waals surface area contributed by atoms with Gasteiger partial charge in [-0.1, -0.05) is 24.6 Å². The minimum Gasteiger partial charge on any atom is -0.507 e. The molecule has 2 N–H and O–H groups in total. The molecule has 0 spiro atoms. The molecule has 1 fully saturated rings. The highest BCUT2D eigenvalue weighted by Gasteiger charge is 2.46. The van der Waals surface area contributed by atoms with E-state index in [0.29, 0.717) is 30.6 Å². The first-order valence-corrected chi connectivity index (χ1v) is 10.6. The van der Waals surface area contributed by atoms with Crippen LogP contribution in [-0.2, 0) is 14.4 Å². The number of benzene rings is 2. The summed E-state index contributed by atoms with van der Waals surface area (Å²) in [6, 6.07) is 10.9. The van der Waals surface area contributed by atoms with Crippen molar-refractivity contribution in [2.45, 2.75) is 31.7 Å². The van der Waals surface area contributed by atoms with E-state index in [4.69, 9.17) is 9.84 Å². The second kappa shape index (κ2) is 10.6. The lowest BCUT2D eigenvalue weighted by atomic mass is 9.94. The molecule has 0 bridgehead atoms. The van der Waals surface area contributed by atoms with E-state index in [9.17, 15) is 29.6 Å². The van der Waals surface area contributed by atoms with Crippen molar-refractivity contribution in [1.29, 1.82) is 0 Å². The summed E-state index contributed by atoms with van der Waals surface area (Å²) in [7, 11) is 1.45. The third kappa shape index (κ3) is 5.06. The van der Waals surface area contributed by atoms with Crippen LogP contribution in [0.2, 0.25) is 0 Å². The fraction of sp³-hybridized carbons (Fsp3) is 0.292. The second-order valence-corrected chi connectivity index (χ2v) is 7.74. The summed E-state index contributed by atoms with van der Waals surface area (Å²) >= 11 is 0. The molecule has 3 rings (SSSR count). The largest absolute Gasteiger partial charge is 0.507 e. The Balaban J connectivity index is 2.03. The third-order valence-corrected chi connectivity index (χ3v) is 5.61. The van der Waals surface area contributed by atoms with E-state index in [2.05, 4.69) is 0 Å². The summed E-state index contributed by atoms with van der Waals surface area (Å²) < 4.78 is 5.43. The number of nitro benzene ring substituents is 1. The zero-order chi connectivity index (χ0) is 24.8. The number of carboxylic acid groups (broad SMARTS) is 1. The normalized spacial score (nSPS) is 17.1. The highest BCUT2D eigenvalue weighted by molar-refractivity contribution is 6.46. The number of unbranched alkanes of at least 4 members (excludes halogenated alkanes) is 2. The first-order valence-electron chi connectivity index (χ1n) is 10.6. The van der Waals surface area contributed by atoms with Crippen molar-refractivity contribution in [2.24, 2.45) is 0 Å². The molecule has 34 heavy (non-hydrogen) atoms. The number of aliphatic hydroxyl groups excluding tert-OH is 1. The predicted octanol–water partition coefficient (Wildman–Crippen LogP) is 3.67. The summed E-state index contributed by atoms with van der Waals surface area (Å²) in [5.74, 6) is -2.61. The number of nitrogens with zero attached hydrogens (tertiary/aromatic N) is 2. The molecule has 0 aliphatic carbocycles. The van der Waals surface area contributed by atoms with E-state index >= 15 is 0 Å². The van der Waals surface area contributed by atoms with Gasteiger partial charge in [0, 0.05) is 36.2 Å². The van der Waals surface area contributed by atoms with Crippen LogP contribution in [0.3, 0.4) is 0 Å². The van der Waals surface area contributed by atoms with Gasteiger partial charge in [0.05, 0.1) is 23.6 Å². The van der Waals surface area contributed by atoms with E-state index < -0.39 is 34.4 Å². The molecule has 1 heterocycles. The number of likely N-dealkylation sites (tertiary alicyclic amines) is 1. The van der Waals surface area contributed by atoms with E-state index in [1.54, 1.807) is 24.3 Å². The molecular weight excluding hydrogens is 444 g/mol. The number of aliphatic carboxylic acids is 1. The van der Waals surface area contributed by atoms with Gasteiger partial charge >= 0.3 is 5.97 Å². The van der Waals surface area contributed by atoms with Crippen molar-refractivity contribution < 1.29 is 34.3 Å². The van der Waals surface area contributed by atoms with Crippen molar-refractivity contribution in [3.8, 4) is 5.75 Å². The number of Topliss-reactive ketones (excluding diaryl/α,β-unsaturated/α-hetero) is 1. The molecule has 1 aliphatic heterocycles. The van der Waals surface area contributed by atoms with Gasteiger partial charge in [-0.2, -0.15) is 0 Å². The predicted molar refractivity (Wildman–Crippen MR) is 121 cm³/mol. The van der Waals surface area contributed by atoms with Gasteiger partial charge in [-0.05, 0) is 31.0 Å². The fourth-order valence-electron chi connectivity index (χ4n) is 3.96. The lowest BCUT2D eigenvalue weighted by molar-refractivity contribution is -0.384. The van der Waals surface area contributed by atoms with Crippen LogP contribution in [0, 0.1) is 10.1 Å². The zero-order valence-electron chi connectivity index (χ0n) is 18.5. The van der Waals surface area contributed by atoms with Gasteiger partial charge in [-0.15, -0.1) is 0 Å². The molecule has 10 heteroatoms. The number of ketones is 1. The molecule has 0 aromatic heterocycles. The van der Waals surface area contributed by atoms with Crippen molar-refractivity contribution in [2.75, 3.05) is 13.7 Å². The van der Waals surface area contributed by atoms with Crippen LogP contribution in [0.25, 0.3) is 5.76 Å². The number of carboxylic acids is 1. The molecular formula is C24H24N2O8. The molecule has 0 radical (unpaired) electrons. The highest BCUT2D eigenvalue weighted by Crippen LogP contribution is 2.42. The van der Waals surface area contributed by atoms with Gasteiger partial charge in [0.15, 0.2) is 0 Å². The monoisotopic (exact) mass is 468 g/mol. The van der Waals surface area contributed by atoms with Gasteiger partial charge in [0.2, 0.25) is 0 Å². The minimum absolute atomic E-state index is 0.00883. The molecule has 2 aromatic rings. The van der Waals surface area contributed by atoms with Crippen molar-refractivity contribution in [3.05, 3.63) is 75.3 Å². The van der Waals surface area contributed by atoms with E-state index in [1.165, 1.54) is 36.3 Å². The number of rotatable bonds is 10. The molecule has 1 aliphatic rings. The molecule has 1 atom stereocenters. The van der Waals surface area contributed by atoms with Crippen LogP contribution >= 0.6 is 0 Å². The number of aliphatic hydroxyl groups is 1. The SMILES string of the molecule is COc1ccccc1C1/C(=C(\O)c2ccc([N+](=O)[O-])cc2)C(=O)C(=O)N1CCCCCC(=O)O. The Morgan fingerprint density at radius 1 is 1.06 bits per heavy atom. The Labute approximate surface area is 195 Å². The number of hydrogen-bond acceptors (Lipinski definition) is 7. The van der Waals surface area contributed by atoms with Crippen molar-refractivity contribution in [1.82, 2.24) is 4.90 Å². The number of ether oxygens (including phenoxy) is 1. The standard InChI is InChI=1S/C24H24N2O8/c1-34-18-8-5-4-7-17(18)21-20(22(29)15-10-12-16(13-11-15)26(32)33)23(30)24(31)25(21)14-6-2-3-9-19(27)28/h4-5,7-8,10-13,21,29H,2-3,6,9,14H2,1H3,(H,27,28)/b22-20+. The number of nitro groups is 1. The van der Waals surface area contributed by atoms with E-state index in [0.717, 1.165) is 0 Å². The third-order valence-electron chi connectivity index (χ3n) is 5.61. The summed E-state index contributed by atoms with van der Waals surface area (Å²) in [6.45, 7) is 0.171. The number of carbonyl (C=O) groups excluding carboxylic acids is 2. The molecule has 1 amide bonds. The average Bonchev–Trinajstić information content (AvgIpc) is 3.08. The minimum atomic E-state index is -0.939. The Morgan fingerprint density at radius 2 is 1.74 bits per heavy atom. The molecule has 178 valence electrons. The molecule has 1 unspecified atom stereocenters. The van der Waals surface area contributed by atoms with Gasteiger partial charge in [0.25, 0.3) is 17.4 Å². The van der Waals surface area contributed by atoms with Gasteiger partial charge in [0.1, 0.15) is 11.5 Å². The quantitative estimate of drug-likeness (QED) is 0.134. The summed E-state index contributed by atoms with van der Waals surface area (Å²) in [6.07, 6.45) is 1.44. The Bertz CT molecular complexity index is 1140. The second-order valence-electron chi connectivity index (χ2n) is 7.74. The van der Waals surface area contributed by atoms with E-state index in [1.807, 2.05) is 0 Å². The molecule has 0 saturated carbocycles.